The molecule has 0 bridgehead atoms. The van der Waals surface area contributed by atoms with Crippen molar-refractivity contribution < 1.29 is 14.6 Å². The van der Waals surface area contributed by atoms with Crippen LogP contribution in [-0.2, 0) is 0 Å². The number of aromatic hydroxyl groups is 1. The standard InChI is InChI=1S/C16H17N3O3/c1-2-22-14-10-6-7-12(15(14)20)11-17-19-16(21)18-13-8-4-3-5-9-13/h3-11,20H,2H2,1H3,(H2,18,19,21)/b17-11+. The Balaban J connectivity index is 1.95. The lowest BCUT2D eigenvalue weighted by molar-refractivity contribution is 0.252. The molecule has 0 radical (unpaired) electrons. The summed E-state index contributed by atoms with van der Waals surface area (Å²) in [5.41, 5.74) is 3.44. The first-order valence-electron chi connectivity index (χ1n) is 6.80. The van der Waals surface area contributed by atoms with Gasteiger partial charge in [0.25, 0.3) is 0 Å². The van der Waals surface area contributed by atoms with Gasteiger partial charge in [-0.2, -0.15) is 5.10 Å². The molecule has 2 rings (SSSR count). The number of hydrogen-bond donors (Lipinski definition) is 3. The van der Waals surface area contributed by atoms with E-state index in [0.717, 1.165) is 0 Å². The maximum Gasteiger partial charge on any atom is 0.339 e. The number of hydrogen-bond acceptors (Lipinski definition) is 4. The fourth-order valence-electron chi connectivity index (χ4n) is 1.76. The van der Waals surface area contributed by atoms with Crippen molar-refractivity contribution in [2.45, 2.75) is 6.92 Å². The SMILES string of the molecule is CCOc1cccc(/C=N/NC(=O)Nc2ccccc2)c1O. The molecule has 6 heteroatoms. The van der Waals surface area contributed by atoms with Crippen LogP contribution in [0, 0.1) is 0 Å². The van der Waals surface area contributed by atoms with Gasteiger partial charge in [0.2, 0.25) is 0 Å². The van der Waals surface area contributed by atoms with E-state index in [-0.39, 0.29) is 5.75 Å². The molecule has 0 spiro atoms. The largest absolute Gasteiger partial charge is 0.504 e. The lowest BCUT2D eigenvalue weighted by Gasteiger charge is -2.07. The number of hydrazone groups is 1. The van der Waals surface area contributed by atoms with E-state index in [1.165, 1.54) is 6.21 Å². The van der Waals surface area contributed by atoms with Crippen LogP contribution in [0.3, 0.4) is 0 Å². The van der Waals surface area contributed by atoms with E-state index >= 15 is 0 Å². The van der Waals surface area contributed by atoms with Gasteiger partial charge in [-0.25, -0.2) is 10.2 Å². The molecule has 0 atom stereocenters. The number of carbonyl (C=O) groups excluding carboxylic acids is 1. The fourth-order valence-corrected chi connectivity index (χ4v) is 1.76. The van der Waals surface area contributed by atoms with Gasteiger partial charge in [-0.15, -0.1) is 0 Å². The molecular formula is C16H17N3O3. The van der Waals surface area contributed by atoms with Crippen LogP contribution >= 0.6 is 0 Å². The molecule has 6 nitrogen and oxygen atoms in total. The normalized spacial score (nSPS) is 10.4. The minimum absolute atomic E-state index is 0.0154. The van der Waals surface area contributed by atoms with E-state index < -0.39 is 6.03 Å². The Hall–Kier alpha value is -3.02. The van der Waals surface area contributed by atoms with Crippen molar-refractivity contribution in [3.05, 3.63) is 54.1 Å². The fraction of sp³-hybridized carbons (Fsp3) is 0.125. The molecule has 0 saturated carbocycles. The van der Waals surface area contributed by atoms with Crippen LogP contribution in [-0.4, -0.2) is 24.0 Å². The average molecular weight is 299 g/mol. The molecule has 0 saturated heterocycles. The number of carbonyl (C=O) groups is 1. The maximum absolute atomic E-state index is 11.6. The summed E-state index contributed by atoms with van der Waals surface area (Å²) in [5.74, 6) is 0.360. The second kappa shape index (κ2) is 7.68. The van der Waals surface area contributed by atoms with Gasteiger partial charge >= 0.3 is 6.03 Å². The Morgan fingerprint density at radius 3 is 2.73 bits per heavy atom. The van der Waals surface area contributed by atoms with Gasteiger partial charge in [0, 0.05) is 11.3 Å². The van der Waals surface area contributed by atoms with Crippen molar-refractivity contribution in [2.24, 2.45) is 5.10 Å². The van der Waals surface area contributed by atoms with Crippen molar-refractivity contribution in [2.75, 3.05) is 11.9 Å². The van der Waals surface area contributed by atoms with Crippen molar-refractivity contribution in [3.63, 3.8) is 0 Å². The lowest BCUT2D eigenvalue weighted by Crippen LogP contribution is -2.24. The summed E-state index contributed by atoms with van der Waals surface area (Å²) >= 11 is 0. The second-order valence-corrected chi connectivity index (χ2v) is 4.32. The van der Waals surface area contributed by atoms with Crippen molar-refractivity contribution in [1.82, 2.24) is 5.43 Å². The molecule has 22 heavy (non-hydrogen) atoms. The highest BCUT2D eigenvalue weighted by molar-refractivity contribution is 5.91. The molecule has 114 valence electrons. The number of rotatable bonds is 5. The van der Waals surface area contributed by atoms with E-state index in [1.807, 2.05) is 25.1 Å². The van der Waals surface area contributed by atoms with Crippen LogP contribution in [0.15, 0.2) is 53.6 Å². The highest BCUT2D eigenvalue weighted by atomic mass is 16.5. The molecule has 0 aromatic heterocycles. The lowest BCUT2D eigenvalue weighted by atomic mass is 10.2. The highest BCUT2D eigenvalue weighted by Crippen LogP contribution is 2.28. The van der Waals surface area contributed by atoms with Crippen LogP contribution in [0.2, 0.25) is 0 Å². The number of phenolic OH excluding ortho intramolecular Hbond substituents is 1. The Kier molecular flexibility index (Phi) is 5.37. The number of nitrogens with one attached hydrogen (secondary N) is 2. The Bertz CT molecular complexity index is 657. The first-order valence-corrected chi connectivity index (χ1v) is 6.80. The van der Waals surface area contributed by atoms with Gasteiger partial charge in [0.05, 0.1) is 12.8 Å². The number of amides is 2. The maximum atomic E-state index is 11.6. The second-order valence-electron chi connectivity index (χ2n) is 4.32. The number of phenols is 1. The van der Waals surface area contributed by atoms with Gasteiger partial charge in [0.15, 0.2) is 11.5 Å². The Morgan fingerprint density at radius 2 is 2.00 bits per heavy atom. The smallest absolute Gasteiger partial charge is 0.339 e. The molecule has 3 N–H and O–H groups in total. The van der Waals surface area contributed by atoms with Gasteiger partial charge in [-0.1, -0.05) is 24.3 Å². The third-order valence-electron chi connectivity index (χ3n) is 2.73. The molecular weight excluding hydrogens is 282 g/mol. The minimum Gasteiger partial charge on any atom is -0.504 e. The number of anilines is 1. The first-order chi connectivity index (χ1) is 10.7. The molecule has 0 unspecified atom stereocenters. The summed E-state index contributed by atoms with van der Waals surface area (Å²) in [6.07, 6.45) is 1.35. The summed E-state index contributed by atoms with van der Waals surface area (Å²) in [6.45, 7) is 2.28. The summed E-state index contributed by atoms with van der Waals surface area (Å²) in [4.78, 5) is 11.6. The number of benzene rings is 2. The topological polar surface area (TPSA) is 83.0 Å². The summed E-state index contributed by atoms with van der Waals surface area (Å²) in [5, 5.41) is 16.4. The molecule has 2 amide bonds. The van der Waals surface area contributed by atoms with Crippen molar-refractivity contribution in [1.29, 1.82) is 0 Å². The Labute approximate surface area is 128 Å². The summed E-state index contributed by atoms with van der Waals surface area (Å²) in [7, 11) is 0. The number of para-hydroxylation sites is 2. The Morgan fingerprint density at radius 1 is 1.23 bits per heavy atom. The number of ether oxygens (including phenoxy) is 1. The van der Waals surface area contributed by atoms with Gasteiger partial charge in [0.1, 0.15) is 0 Å². The number of nitrogens with zero attached hydrogens (tertiary/aromatic N) is 1. The van der Waals surface area contributed by atoms with Crippen molar-refractivity contribution in [3.8, 4) is 11.5 Å². The van der Waals surface area contributed by atoms with Crippen LogP contribution in [0.1, 0.15) is 12.5 Å². The van der Waals surface area contributed by atoms with Crippen LogP contribution in [0.4, 0.5) is 10.5 Å². The van der Waals surface area contributed by atoms with Gasteiger partial charge in [-0.3, -0.25) is 0 Å². The molecule has 0 heterocycles. The molecule has 0 fully saturated rings. The summed E-state index contributed by atoms with van der Waals surface area (Å²) in [6, 6.07) is 13.6. The quantitative estimate of drug-likeness (QED) is 0.586. The highest BCUT2D eigenvalue weighted by Gasteiger charge is 2.06. The van der Waals surface area contributed by atoms with Crippen LogP contribution in [0.25, 0.3) is 0 Å². The third kappa shape index (κ3) is 4.24. The predicted molar refractivity (Wildman–Crippen MR) is 85.5 cm³/mol. The molecule has 0 aliphatic carbocycles. The number of urea groups is 1. The van der Waals surface area contributed by atoms with E-state index in [0.29, 0.717) is 23.6 Å². The van der Waals surface area contributed by atoms with Crippen LogP contribution < -0.4 is 15.5 Å². The zero-order chi connectivity index (χ0) is 15.8. The molecule has 0 aliphatic rings. The van der Waals surface area contributed by atoms with E-state index in [9.17, 15) is 9.90 Å². The van der Waals surface area contributed by atoms with E-state index in [1.54, 1.807) is 30.3 Å². The zero-order valence-electron chi connectivity index (χ0n) is 12.1. The van der Waals surface area contributed by atoms with E-state index in [2.05, 4.69) is 15.8 Å². The molecule has 2 aromatic carbocycles. The van der Waals surface area contributed by atoms with Gasteiger partial charge < -0.3 is 15.2 Å². The molecule has 2 aromatic rings. The predicted octanol–water partition coefficient (Wildman–Crippen LogP) is 2.95. The monoisotopic (exact) mass is 299 g/mol. The zero-order valence-corrected chi connectivity index (χ0v) is 12.1. The average Bonchev–Trinajstić information content (AvgIpc) is 2.52. The third-order valence-corrected chi connectivity index (χ3v) is 2.73. The summed E-state index contributed by atoms with van der Waals surface area (Å²) < 4.78 is 5.27. The molecule has 0 aliphatic heterocycles. The van der Waals surface area contributed by atoms with Gasteiger partial charge in [-0.05, 0) is 31.2 Å². The van der Waals surface area contributed by atoms with Crippen LogP contribution in [0.5, 0.6) is 11.5 Å². The van der Waals surface area contributed by atoms with E-state index in [4.69, 9.17) is 4.74 Å². The van der Waals surface area contributed by atoms with Crippen molar-refractivity contribution >= 4 is 17.9 Å². The minimum atomic E-state index is -0.470. The first kappa shape index (κ1) is 15.4.